The molecule has 1 unspecified atom stereocenters. The summed E-state index contributed by atoms with van der Waals surface area (Å²) in [6.45, 7) is 5.11. The maximum atomic E-state index is 6.23. The fraction of sp³-hybridized carbons (Fsp3) is 0.333. The Labute approximate surface area is 132 Å². The van der Waals surface area contributed by atoms with Crippen LogP contribution >= 0.6 is 38.9 Å². The zero-order valence-electron chi connectivity index (χ0n) is 11.0. The molecule has 2 rings (SSSR count). The van der Waals surface area contributed by atoms with Crippen molar-refractivity contribution in [2.24, 2.45) is 0 Å². The molecule has 0 saturated heterocycles. The van der Waals surface area contributed by atoms with Crippen LogP contribution in [0.25, 0.3) is 0 Å². The Morgan fingerprint density at radius 3 is 2.74 bits per heavy atom. The van der Waals surface area contributed by atoms with Gasteiger partial charge in [-0.3, -0.25) is 0 Å². The minimum atomic E-state index is 0.314. The van der Waals surface area contributed by atoms with E-state index in [1.807, 2.05) is 6.92 Å². The molecule has 0 bridgehead atoms. The molecular formula is C15H17BrClNS. The normalized spacial score (nSPS) is 12.6. The third-order valence-corrected chi connectivity index (χ3v) is 5.20. The molecule has 0 amide bonds. The zero-order chi connectivity index (χ0) is 13.8. The van der Waals surface area contributed by atoms with Crippen LogP contribution in [0.1, 0.15) is 29.0 Å². The van der Waals surface area contributed by atoms with Crippen molar-refractivity contribution in [3.63, 3.8) is 0 Å². The molecule has 0 radical (unpaired) electrons. The summed E-state index contributed by atoms with van der Waals surface area (Å²) in [5, 5.41) is 6.50. The minimum Gasteiger partial charge on any atom is -0.310 e. The highest BCUT2D eigenvalue weighted by Crippen LogP contribution is 2.27. The number of likely N-dealkylation sites (N-methyl/N-ethyl adjacent to an activating group) is 1. The number of rotatable bonds is 5. The third kappa shape index (κ3) is 4.06. The summed E-state index contributed by atoms with van der Waals surface area (Å²) in [7, 11) is 0. The molecule has 1 aromatic heterocycles. The van der Waals surface area contributed by atoms with E-state index >= 15 is 0 Å². The van der Waals surface area contributed by atoms with Gasteiger partial charge in [0.25, 0.3) is 0 Å². The van der Waals surface area contributed by atoms with Crippen LogP contribution in [0.15, 0.2) is 34.1 Å². The number of hydrogen-bond acceptors (Lipinski definition) is 2. The highest BCUT2D eigenvalue weighted by Gasteiger charge is 2.13. The molecule has 2 aromatic rings. The zero-order valence-corrected chi connectivity index (χ0v) is 14.2. The van der Waals surface area contributed by atoms with Crippen molar-refractivity contribution >= 4 is 38.9 Å². The number of halogens is 2. The Balaban J connectivity index is 2.21. The molecule has 19 heavy (non-hydrogen) atoms. The van der Waals surface area contributed by atoms with Crippen LogP contribution in [-0.4, -0.2) is 6.54 Å². The van der Waals surface area contributed by atoms with Crippen molar-refractivity contribution in [3.8, 4) is 0 Å². The van der Waals surface area contributed by atoms with Crippen LogP contribution in [-0.2, 0) is 6.42 Å². The van der Waals surface area contributed by atoms with Crippen molar-refractivity contribution in [1.29, 1.82) is 0 Å². The molecule has 1 N–H and O–H groups in total. The molecular weight excluding hydrogens is 342 g/mol. The first kappa shape index (κ1) is 15.0. The molecule has 1 nitrogen and oxygen atoms in total. The summed E-state index contributed by atoms with van der Waals surface area (Å²) in [6.07, 6.45) is 0.990. The van der Waals surface area contributed by atoms with E-state index in [9.17, 15) is 0 Å². The van der Waals surface area contributed by atoms with Gasteiger partial charge in [0, 0.05) is 32.2 Å². The van der Waals surface area contributed by atoms with Crippen LogP contribution in [0.4, 0.5) is 0 Å². The van der Waals surface area contributed by atoms with Crippen molar-refractivity contribution in [2.75, 3.05) is 6.54 Å². The first-order chi connectivity index (χ1) is 9.10. The monoisotopic (exact) mass is 357 g/mol. The standard InChI is InChI=1S/C15H17BrClNS/c1-3-18-15(8-13-7-12(16)9-19-13)11-5-4-10(2)14(17)6-11/h4-7,9,15,18H,3,8H2,1-2H3. The molecule has 0 aliphatic carbocycles. The van der Waals surface area contributed by atoms with E-state index in [4.69, 9.17) is 11.6 Å². The Morgan fingerprint density at radius 2 is 2.16 bits per heavy atom. The summed E-state index contributed by atoms with van der Waals surface area (Å²) in [4.78, 5) is 1.37. The van der Waals surface area contributed by atoms with Crippen LogP contribution in [0, 0.1) is 6.92 Å². The van der Waals surface area contributed by atoms with Gasteiger partial charge in [-0.15, -0.1) is 11.3 Å². The Hall–Kier alpha value is -0.350. The average molecular weight is 359 g/mol. The van der Waals surface area contributed by atoms with E-state index in [0.29, 0.717) is 6.04 Å². The lowest BCUT2D eigenvalue weighted by atomic mass is 10.0. The summed E-state index contributed by atoms with van der Waals surface area (Å²) in [5.74, 6) is 0. The van der Waals surface area contributed by atoms with E-state index in [0.717, 1.165) is 28.0 Å². The van der Waals surface area contributed by atoms with Gasteiger partial charge in [0.05, 0.1) is 0 Å². The van der Waals surface area contributed by atoms with E-state index < -0.39 is 0 Å². The van der Waals surface area contributed by atoms with Crippen LogP contribution in [0.2, 0.25) is 5.02 Å². The maximum Gasteiger partial charge on any atom is 0.0438 e. The average Bonchev–Trinajstić information content (AvgIpc) is 2.78. The second-order valence-electron chi connectivity index (χ2n) is 4.55. The SMILES string of the molecule is CCNC(Cc1cc(Br)cs1)c1ccc(C)c(Cl)c1. The second-order valence-corrected chi connectivity index (χ2v) is 6.87. The van der Waals surface area contributed by atoms with Gasteiger partial charge in [-0.2, -0.15) is 0 Å². The molecule has 0 saturated carbocycles. The van der Waals surface area contributed by atoms with Crippen molar-refractivity contribution in [2.45, 2.75) is 26.3 Å². The Bertz CT molecular complexity index is 553. The molecule has 1 atom stereocenters. The smallest absolute Gasteiger partial charge is 0.0438 e. The lowest BCUT2D eigenvalue weighted by molar-refractivity contribution is 0.553. The molecule has 102 valence electrons. The fourth-order valence-corrected chi connectivity index (χ4v) is 3.73. The minimum absolute atomic E-state index is 0.314. The lowest BCUT2D eigenvalue weighted by Crippen LogP contribution is -2.22. The molecule has 0 aliphatic rings. The fourth-order valence-electron chi connectivity index (χ4n) is 2.04. The highest BCUT2D eigenvalue weighted by molar-refractivity contribution is 9.10. The first-order valence-corrected chi connectivity index (χ1v) is 8.37. The van der Waals surface area contributed by atoms with E-state index in [2.05, 4.69) is 57.8 Å². The molecule has 0 fully saturated rings. The number of aryl methyl sites for hydroxylation is 1. The number of thiophene rings is 1. The van der Waals surface area contributed by atoms with E-state index in [1.165, 1.54) is 10.4 Å². The molecule has 0 spiro atoms. The van der Waals surface area contributed by atoms with Gasteiger partial charge in [0.2, 0.25) is 0 Å². The summed E-state index contributed by atoms with van der Waals surface area (Å²) in [5.41, 5.74) is 2.38. The predicted octanol–water partition coefficient (Wildman–Crippen LogP) is 5.37. The Morgan fingerprint density at radius 1 is 1.37 bits per heavy atom. The van der Waals surface area contributed by atoms with Gasteiger partial charge in [0.1, 0.15) is 0 Å². The topological polar surface area (TPSA) is 12.0 Å². The summed E-state index contributed by atoms with van der Waals surface area (Å²) in [6, 6.07) is 8.83. The van der Waals surface area contributed by atoms with Crippen LogP contribution in [0.3, 0.4) is 0 Å². The third-order valence-electron chi connectivity index (χ3n) is 3.08. The van der Waals surface area contributed by atoms with Gasteiger partial charge < -0.3 is 5.32 Å². The Kier molecular flexibility index (Phi) is 5.46. The number of benzene rings is 1. The highest BCUT2D eigenvalue weighted by atomic mass is 79.9. The van der Waals surface area contributed by atoms with Gasteiger partial charge in [0.15, 0.2) is 0 Å². The van der Waals surface area contributed by atoms with Crippen LogP contribution < -0.4 is 5.32 Å². The van der Waals surface area contributed by atoms with Crippen molar-refractivity contribution in [1.82, 2.24) is 5.32 Å². The molecule has 1 heterocycles. The predicted molar refractivity (Wildman–Crippen MR) is 88.3 cm³/mol. The van der Waals surface area contributed by atoms with Crippen molar-refractivity contribution < 1.29 is 0 Å². The summed E-state index contributed by atoms with van der Waals surface area (Å²) < 4.78 is 1.16. The summed E-state index contributed by atoms with van der Waals surface area (Å²) >= 11 is 11.5. The second kappa shape index (κ2) is 6.89. The quantitative estimate of drug-likeness (QED) is 0.758. The van der Waals surface area contributed by atoms with Gasteiger partial charge >= 0.3 is 0 Å². The number of nitrogens with one attached hydrogen (secondary N) is 1. The van der Waals surface area contributed by atoms with Gasteiger partial charge in [-0.05, 0) is 52.7 Å². The van der Waals surface area contributed by atoms with Gasteiger partial charge in [-0.25, -0.2) is 0 Å². The lowest BCUT2D eigenvalue weighted by Gasteiger charge is -2.18. The molecule has 0 aliphatic heterocycles. The first-order valence-electron chi connectivity index (χ1n) is 6.32. The van der Waals surface area contributed by atoms with E-state index in [1.54, 1.807) is 11.3 Å². The number of hydrogen-bond donors (Lipinski definition) is 1. The van der Waals surface area contributed by atoms with E-state index in [-0.39, 0.29) is 0 Å². The molecule has 4 heteroatoms. The largest absolute Gasteiger partial charge is 0.310 e. The van der Waals surface area contributed by atoms with Crippen LogP contribution in [0.5, 0.6) is 0 Å². The molecule has 1 aromatic carbocycles. The van der Waals surface area contributed by atoms with Gasteiger partial charge in [-0.1, -0.05) is 30.7 Å². The maximum absolute atomic E-state index is 6.23. The van der Waals surface area contributed by atoms with Crippen molar-refractivity contribution in [3.05, 3.63) is 55.1 Å².